The van der Waals surface area contributed by atoms with Gasteiger partial charge in [0.2, 0.25) is 9.84 Å². The van der Waals surface area contributed by atoms with Crippen LogP contribution in [0.15, 0.2) is 58.5 Å². The van der Waals surface area contributed by atoms with Gasteiger partial charge < -0.3 is 14.9 Å². The van der Waals surface area contributed by atoms with Crippen LogP contribution < -0.4 is 4.74 Å². The first-order valence-corrected chi connectivity index (χ1v) is 8.57. The molecule has 2 N–H and O–H groups in total. The van der Waals surface area contributed by atoms with Gasteiger partial charge in [-0.3, -0.25) is 4.98 Å². The SMILES string of the molecule is COc1ccc(S(=O)(=O)c2cnc3ccc(C(=O)O)cc3c2O)cc1. The average Bonchev–Trinajstić information content (AvgIpc) is 2.61. The zero-order chi connectivity index (χ0) is 18.2. The van der Waals surface area contributed by atoms with Gasteiger partial charge >= 0.3 is 5.97 Å². The van der Waals surface area contributed by atoms with Gasteiger partial charge in [0.1, 0.15) is 16.4 Å². The Morgan fingerprint density at radius 3 is 2.40 bits per heavy atom. The fraction of sp³-hybridized carbons (Fsp3) is 0.0588. The number of pyridine rings is 1. The number of fused-ring (bicyclic) bond motifs is 1. The van der Waals surface area contributed by atoms with Gasteiger partial charge in [-0.1, -0.05) is 0 Å². The van der Waals surface area contributed by atoms with Crippen molar-refractivity contribution in [1.29, 1.82) is 0 Å². The third-order valence-electron chi connectivity index (χ3n) is 3.71. The Morgan fingerprint density at radius 2 is 1.80 bits per heavy atom. The van der Waals surface area contributed by atoms with Crippen LogP contribution in [0.3, 0.4) is 0 Å². The van der Waals surface area contributed by atoms with E-state index in [1.165, 1.54) is 49.6 Å². The third kappa shape index (κ3) is 2.87. The van der Waals surface area contributed by atoms with Crippen molar-refractivity contribution in [2.45, 2.75) is 9.79 Å². The van der Waals surface area contributed by atoms with E-state index >= 15 is 0 Å². The minimum Gasteiger partial charge on any atom is -0.506 e. The standard InChI is InChI=1S/C17H13NO6S/c1-24-11-3-5-12(6-4-11)25(22,23)15-9-18-14-7-2-10(17(20)21)8-13(14)16(15)19/h2-9H,1H3,(H,18,19)(H,20,21). The van der Waals surface area contributed by atoms with Crippen LogP contribution in [0.2, 0.25) is 0 Å². The van der Waals surface area contributed by atoms with Crippen molar-refractivity contribution in [2.24, 2.45) is 0 Å². The second-order valence-corrected chi connectivity index (χ2v) is 7.11. The number of carboxylic acids is 1. The molecule has 0 saturated heterocycles. The number of rotatable bonds is 4. The average molecular weight is 359 g/mol. The van der Waals surface area contributed by atoms with Gasteiger partial charge in [0.15, 0.2) is 0 Å². The predicted octanol–water partition coefficient (Wildman–Crippen LogP) is 2.48. The van der Waals surface area contributed by atoms with E-state index in [4.69, 9.17) is 9.84 Å². The summed E-state index contributed by atoms with van der Waals surface area (Å²) in [7, 11) is -2.57. The number of hydrogen-bond acceptors (Lipinski definition) is 6. The largest absolute Gasteiger partial charge is 0.506 e. The minimum absolute atomic E-state index is 0.0425. The summed E-state index contributed by atoms with van der Waals surface area (Å²) >= 11 is 0. The summed E-state index contributed by atoms with van der Waals surface area (Å²) in [6.07, 6.45) is 1.05. The third-order valence-corrected chi connectivity index (χ3v) is 5.48. The van der Waals surface area contributed by atoms with E-state index in [0.29, 0.717) is 5.75 Å². The highest BCUT2D eigenvalue weighted by Gasteiger charge is 2.24. The molecule has 0 aliphatic rings. The highest BCUT2D eigenvalue weighted by atomic mass is 32.2. The molecule has 0 unspecified atom stereocenters. The van der Waals surface area contributed by atoms with E-state index < -0.39 is 26.5 Å². The quantitative estimate of drug-likeness (QED) is 0.735. The second kappa shape index (κ2) is 6.06. The van der Waals surface area contributed by atoms with Crippen molar-refractivity contribution in [1.82, 2.24) is 4.98 Å². The van der Waals surface area contributed by atoms with Gasteiger partial charge in [-0.15, -0.1) is 0 Å². The smallest absolute Gasteiger partial charge is 0.335 e. The molecule has 3 rings (SSSR count). The molecular formula is C17H13NO6S. The van der Waals surface area contributed by atoms with Crippen LogP contribution in [0.1, 0.15) is 10.4 Å². The van der Waals surface area contributed by atoms with E-state index in [1.807, 2.05) is 0 Å². The monoisotopic (exact) mass is 359 g/mol. The van der Waals surface area contributed by atoms with Crippen molar-refractivity contribution >= 4 is 26.7 Å². The summed E-state index contributed by atoms with van der Waals surface area (Å²) < 4.78 is 30.5. The zero-order valence-corrected chi connectivity index (χ0v) is 13.8. The van der Waals surface area contributed by atoms with Crippen LogP contribution in [0.5, 0.6) is 11.5 Å². The highest BCUT2D eigenvalue weighted by Crippen LogP contribution is 2.34. The Balaban J connectivity index is 2.19. The van der Waals surface area contributed by atoms with Gasteiger partial charge in [0, 0.05) is 5.39 Å². The zero-order valence-electron chi connectivity index (χ0n) is 13.0. The number of methoxy groups -OCH3 is 1. The van der Waals surface area contributed by atoms with Crippen molar-refractivity contribution in [3.05, 3.63) is 54.2 Å². The number of aromatic nitrogens is 1. The van der Waals surface area contributed by atoms with Crippen LogP contribution >= 0.6 is 0 Å². The molecule has 25 heavy (non-hydrogen) atoms. The van der Waals surface area contributed by atoms with Crippen LogP contribution in [-0.4, -0.2) is 36.7 Å². The highest BCUT2D eigenvalue weighted by molar-refractivity contribution is 7.91. The number of hydrogen-bond donors (Lipinski definition) is 2. The van der Waals surface area contributed by atoms with E-state index in [-0.39, 0.29) is 21.4 Å². The Kier molecular flexibility index (Phi) is 4.05. The minimum atomic E-state index is -4.03. The maximum absolute atomic E-state index is 12.8. The molecule has 0 atom stereocenters. The molecule has 0 aliphatic carbocycles. The fourth-order valence-electron chi connectivity index (χ4n) is 2.37. The van der Waals surface area contributed by atoms with E-state index in [1.54, 1.807) is 0 Å². The molecule has 0 radical (unpaired) electrons. The lowest BCUT2D eigenvalue weighted by Gasteiger charge is -2.10. The maximum atomic E-state index is 12.8. The molecule has 2 aromatic carbocycles. The number of sulfone groups is 1. The second-order valence-electron chi connectivity index (χ2n) is 5.19. The van der Waals surface area contributed by atoms with Crippen molar-refractivity contribution < 1.29 is 28.2 Å². The first kappa shape index (κ1) is 16.7. The summed E-state index contributed by atoms with van der Waals surface area (Å²) in [5.74, 6) is -1.24. The topological polar surface area (TPSA) is 114 Å². The van der Waals surface area contributed by atoms with Gasteiger partial charge in [-0.05, 0) is 42.5 Å². The Bertz CT molecular complexity index is 1070. The van der Waals surface area contributed by atoms with Crippen LogP contribution in [0.4, 0.5) is 0 Å². The first-order valence-electron chi connectivity index (χ1n) is 7.09. The molecule has 0 saturated carbocycles. The predicted molar refractivity (Wildman–Crippen MR) is 88.8 cm³/mol. The summed E-state index contributed by atoms with van der Waals surface area (Å²) in [6, 6.07) is 9.60. The van der Waals surface area contributed by atoms with Crippen molar-refractivity contribution in [3.8, 4) is 11.5 Å². The lowest BCUT2D eigenvalue weighted by atomic mass is 10.1. The molecule has 0 aliphatic heterocycles. The van der Waals surface area contributed by atoms with Crippen molar-refractivity contribution in [3.63, 3.8) is 0 Å². The molecule has 3 aromatic rings. The molecular weight excluding hydrogens is 346 g/mol. The van der Waals surface area contributed by atoms with Gasteiger partial charge in [-0.25, -0.2) is 13.2 Å². The van der Waals surface area contributed by atoms with Gasteiger partial charge in [-0.2, -0.15) is 0 Å². The Labute approximate surface area is 143 Å². The van der Waals surface area contributed by atoms with Crippen LogP contribution in [0.25, 0.3) is 10.9 Å². The lowest BCUT2D eigenvalue weighted by molar-refractivity contribution is 0.0697. The van der Waals surface area contributed by atoms with Crippen molar-refractivity contribution in [2.75, 3.05) is 7.11 Å². The number of carboxylic acid groups (broad SMARTS) is 1. The molecule has 8 heteroatoms. The van der Waals surface area contributed by atoms with Crippen LogP contribution in [0, 0.1) is 0 Å². The summed E-state index contributed by atoms with van der Waals surface area (Å²) in [6.45, 7) is 0. The Morgan fingerprint density at radius 1 is 1.12 bits per heavy atom. The maximum Gasteiger partial charge on any atom is 0.335 e. The molecule has 1 heterocycles. The molecule has 0 fully saturated rings. The number of ether oxygens (including phenoxy) is 1. The number of carbonyl (C=O) groups is 1. The summed E-state index contributed by atoms with van der Waals surface area (Å²) in [4.78, 5) is 14.7. The number of nitrogens with zero attached hydrogens (tertiary/aromatic N) is 1. The summed E-state index contributed by atoms with van der Waals surface area (Å²) in [5.41, 5.74) is 0.208. The molecule has 0 bridgehead atoms. The van der Waals surface area contributed by atoms with E-state index in [2.05, 4.69) is 4.98 Å². The van der Waals surface area contributed by atoms with Crippen LogP contribution in [-0.2, 0) is 9.84 Å². The lowest BCUT2D eigenvalue weighted by Crippen LogP contribution is -2.04. The number of aromatic carboxylic acids is 1. The molecule has 0 amide bonds. The fourth-order valence-corrected chi connectivity index (χ4v) is 3.68. The summed E-state index contributed by atoms with van der Waals surface area (Å²) in [5, 5.41) is 19.5. The molecule has 7 nitrogen and oxygen atoms in total. The first-order chi connectivity index (χ1) is 11.8. The molecule has 0 spiro atoms. The number of benzene rings is 2. The number of aromatic hydroxyl groups is 1. The van der Waals surface area contributed by atoms with Gasteiger partial charge in [0.05, 0.1) is 29.3 Å². The van der Waals surface area contributed by atoms with Gasteiger partial charge in [0.25, 0.3) is 0 Å². The molecule has 128 valence electrons. The normalized spacial score (nSPS) is 11.4. The van der Waals surface area contributed by atoms with E-state index in [0.717, 1.165) is 6.20 Å². The van der Waals surface area contributed by atoms with E-state index in [9.17, 15) is 18.3 Å². The Hall–Kier alpha value is -3.13. The molecule has 1 aromatic heterocycles.